The second-order valence-corrected chi connectivity index (χ2v) is 10.0. The summed E-state index contributed by atoms with van der Waals surface area (Å²) in [5.41, 5.74) is 0.325. The quantitative estimate of drug-likeness (QED) is 0.612. The van der Waals surface area contributed by atoms with Gasteiger partial charge in [-0.1, -0.05) is 0 Å². The largest absolute Gasteiger partial charge is 0.573 e. The number of alkyl halides is 3. The number of urea groups is 1. The Morgan fingerprint density at radius 3 is 2.26 bits per heavy atom. The molecule has 0 atom stereocenters. The second kappa shape index (κ2) is 7.29. The molecule has 2 aliphatic carbocycles. The highest BCUT2D eigenvalue weighted by molar-refractivity contribution is 5.77. The molecule has 0 bridgehead atoms. The van der Waals surface area contributed by atoms with Gasteiger partial charge in [0.1, 0.15) is 6.33 Å². The van der Waals surface area contributed by atoms with Crippen molar-refractivity contribution in [3.63, 3.8) is 0 Å². The monoisotopic (exact) mass is 483 g/mol. The summed E-state index contributed by atoms with van der Waals surface area (Å²) >= 11 is 0. The first-order valence-electron chi connectivity index (χ1n) is 11.3. The lowest BCUT2D eigenvalue weighted by molar-refractivity contribution is -0.276. The van der Waals surface area contributed by atoms with Crippen LogP contribution in [0.4, 0.5) is 26.7 Å². The van der Waals surface area contributed by atoms with Crippen molar-refractivity contribution in [1.29, 1.82) is 0 Å². The fourth-order valence-corrected chi connectivity index (χ4v) is 5.35. The Hall–Kier alpha value is -2.92. The first-order chi connectivity index (χ1) is 16.1. The van der Waals surface area contributed by atoms with E-state index in [-0.39, 0.29) is 36.0 Å². The molecular weight excluding hydrogens is 461 g/mol. The first-order valence-corrected chi connectivity index (χ1v) is 11.3. The Morgan fingerprint density at radius 1 is 1.03 bits per heavy atom. The fourth-order valence-electron chi connectivity index (χ4n) is 5.35. The molecule has 2 saturated carbocycles. The number of likely N-dealkylation sites (tertiary alicyclic amines) is 2. The number of halogens is 5. The predicted molar refractivity (Wildman–Crippen MR) is 107 cm³/mol. The van der Waals surface area contributed by atoms with Crippen LogP contribution in [0.5, 0.6) is 5.75 Å². The van der Waals surface area contributed by atoms with E-state index in [9.17, 15) is 26.7 Å². The van der Waals surface area contributed by atoms with Gasteiger partial charge in [-0.3, -0.25) is 0 Å². The van der Waals surface area contributed by atoms with Crippen molar-refractivity contribution in [3.8, 4) is 5.75 Å². The Morgan fingerprint density at radius 2 is 1.68 bits per heavy atom. The molecule has 1 aromatic heterocycles. The SMILES string of the molecule is O=C(N1CC(c2cc(F)c(OC(F)(F)F)c(F)c2)C1)N1CC2(CC(n3cnc(C4CC4)n3)C2)C1. The van der Waals surface area contributed by atoms with Gasteiger partial charge in [0.2, 0.25) is 5.75 Å². The van der Waals surface area contributed by atoms with Crippen LogP contribution in [0.25, 0.3) is 0 Å². The molecule has 0 radical (unpaired) electrons. The lowest BCUT2D eigenvalue weighted by Gasteiger charge is -2.60. The molecule has 4 fully saturated rings. The number of ether oxygens (including phenoxy) is 1. The van der Waals surface area contributed by atoms with E-state index in [0.29, 0.717) is 25.0 Å². The van der Waals surface area contributed by atoms with E-state index >= 15 is 0 Å². The molecule has 34 heavy (non-hydrogen) atoms. The van der Waals surface area contributed by atoms with E-state index in [2.05, 4.69) is 14.8 Å². The van der Waals surface area contributed by atoms with Gasteiger partial charge >= 0.3 is 12.4 Å². The van der Waals surface area contributed by atoms with E-state index in [4.69, 9.17) is 0 Å². The van der Waals surface area contributed by atoms with Gasteiger partial charge < -0.3 is 14.5 Å². The second-order valence-electron chi connectivity index (χ2n) is 10.0. The Bertz CT molecular complexity index is 1100. The van der Waals surface area contributed by atoms with Gasteiger partial charge in [-0.25, -0.2) is 23.2 Å². The van der Waals surface area contributed by atoms with E-state index in [1.165, 1.54) is 0 Å². The Kier molecular flexibility index (Phi) is 4.63. The molecule has 12 heteroatoms. The number of hydrogen-bond acceptors (Lipinski definition) is 4. The summed E-state index contributed by atoms with van der Waals surface area (Å²) in [6.07, 6.45) is 0.853. The summed E-state index contributed by atoms with van der Waals surface area (Å²) in [4.78, 5) is 20.5. The van der Waals surface area contributed by atoms with Crippen molar-refractivity contribution < 1.29 is 31.5 Å². The Labute approximate surface area is 191 Å². The summed E-state index contributed by atoms with van der Waals surface area (Å²) in [6, 6.07) is 1.87. The third kappa shape index (κ3) is 3.76. The van der Waals surface area contributed by atoms with Crippen LogP contribution >= 0.6 is 0 Å². The first kappa shape index (κ1) is 21.6. The number of amides is 2. The lowest BCUT2D eigenvalue weighted by atomic mass is 9.61. The smallest absolute Gasteiger partial charge is 0.399 e. The summed E-state index contributed by atoms with van der Waals surface area (Å²) in [6.45, 7) is 1.85. The summed E-state index contributed by atoms with van der Waals surface area (Å²) < 4.78 is 70.2. The number of aromatic nitrogens is 3. The van der Waals surface area contributed by atoms with E-state index in [1.807, 2.05) is 4.68 Å². The number of carbonyl (C=O) groups excluding carboxylic acids is 1. The van der Waals surface area contributed by atoms with Gasteiger partial charge in [0.05, 0.1) is 6.04 Å². The molecule has 182 valence electrons. The highest BCUT2D eigenvalue weighted by Gasteiger charge is 2.55. The molecule has 1 aromatic carbocycles. The average Bonchev–Trinajstić information content (AvgIpc) is 3.39. The molecule has 6 rings (SSSR count). The van der Waals surface area contributed by atoms with Crippen LogP contribution in [0.1, 0.15) is 54.9 Å². The van der Waals surface area contributed by atoms with Crippen molar-refractivity contribution in [2.75, 3.05) is 26.2 Å². The third-order valence-corrected chi connectivity index (χ3v) is 7.37. The summed E-state index contributed by atoms with van der Waals surface area (Å²) in [5, 5.41) is 4.60. The van der Waals surface area contributed by atoms with Crippen molar-refractivity contribution >= 4 is 6.03 Å². The third-order valence-electron chi connectivity index (χ3n) is 7.37. The van der Waals surface area contributed by atoms with E-state index in [1.54, 1.807) is 16.1 Å². The van der Waals surface area contributed by atoms with Gasteiger partial charge in [0, 0.05) is 43.4 Å². The van der Waals surface area contributed by atoms with Crippen LogP contribution in [-0.4, -0.2) is 63.1 Å². The van der Waals surface area contributed by atoms with Crippen molar-refractivity contribution in [2.24, 2.45) is 5.41 Å². The normalized spacial score (nSPS) is 22.4. The van der Waals surface area contributed by atoms with Crippen LogP contribution in [-0.2, 0) is 0 Å². The molecule has 0 N–H and O–H groups in total. The minimum Gasteiger partial charge on any atom is -0.399 e. The maximum absolute atomic E-state index is 14.0. The molecule has 4 aliphatic rings. The van der Waals surface area contributed by atoms with Crippen molar-refractivity contribution in [2.45, 2.75) is 49.9 Å². The van der Waals surface area contributed by atoms with Gasteiger partial charge in [-0.15, -0.1) is 13.2 Å². The maximum Gasteiger partial charge on any atom is 0.573 e. The number of nitrogens with zero attached hydrogens (tertiary/aromatic N) is 5. The summed E-state index contributed by atoms with van der Waals surface area (Å²) in [5.74, 6) is -3.20. The number of rotatable bonds is 4. The van der Waals surface area contributed by atoms with Crippen molar-refractivity contribution in [3.05, 3.63) is 41.5 Å². The van der Waals surface area contributed by atoms with E-state index < -0.39 is 23.7 Å². The molecule has 3 heterocycles. The standard InChI is InChI=1S/C22H22F5N5O2/c23-16-3-13(4-17(24)18(16)34-22(25,26)27)14-7-30(8-14)20(33)31-9-21(10-31)5-15(6-21)32-11-28-19(29-32)12-1-2-12/h3-4,11-12,14-15H,1-2,5-10H2. The number of benzene rings is 1. The van der Waals surface area contributed by atoms with Crippen LogP contribution in [0.15, 0.2) is 18.5 Å². The molecular formula is C22H22F5N5O2. The maximum atomic E-state index is 14.0. The van der Waals surface area contributed by atoms with Gasteiger partial charge in [0.15, 0.2) is 17.5 Å². The zero-order chi connectivity index (χ0) is 23.8. The van der Waals surface area contributed by atoms with Gasteiger partial charge in [-0.2, -0.15) is 5.10 Å². The molecule has 7 nitrogen and oxygen atoms in total. The molecule has 2 aliphatic heterocycles. The zero-order valence-corrected chi connectivity index (χ0v) is 18.1. The van der Waals surface area contributed by atoms with Crippen LogP contribution in [0.2, 0.25) is 0 Å². The topological polar surface area (TPSA) is 63.5 Å². The predicted octanol–water partition coefficient (Wildman–Crippen LogP) is 4.19. The zero-order valence-electron chi connectivity index (χ0n) is 18.1. The highest BCUT2D eigenvalue weighted by Crippen LogP contribution is 2.54. The van der Waals surface area contributed by atoms with Gasteiger partial charge in [0.25, 0.3) is 0 Å². The molecule has 2 aromatic rings. The minimum absolute atomic E-state index is 0.122. The minimum atomic E-state index is -5.19. The number of hydrogen-bond donors (Lipinski definition) is 0. The average molecular weight is 483 g/mol. The van der Waals surface area contributed by atoms with Crippen LogP contribution in [0, 0.1) is 17.0 Å². The Balaban J connectivity index is 0.992. The lowest BCUT2D eigenvalue weighted by Crippen LogP contribution is -2.67. The van der Waals surface area contributed by atoms with Crippen LogP contribution in [0.3, 0.4) is 0 Å². The summed E-state index contributed by atoms with van der Waals surface area (Å²) in [7, 11) is 0. The number of carbonyl (C=O) groups is 1. The van der Waals surface area contributed by atoms with Crippen LogP contribution < -0.4 is 4.74 Å². The molecule has 2 saturated heterocycles. The van der Waals surface area contributed by atoms with Gasteiger partial charge in [-0.05, 0) is 43.4 Å². The molecule has 1 spiro atoms. The van der Waals surface area contributed by atoms with E-state index in [0.717, 1.165) is 43.6 Å². The van der Waals surface area contributed by atoms with Crippen molar-refractivity contribution in [1.82, 2.24) is 24.6 Å². The molecule has 0 unspecified atom stereocenters. The highest BCUT2D eigenvalue weighted by atomic mass is 19.4. The molecule has 2 amide bonds. The fraction of sp³-hybridized carbons (Fsp3) is 0.591.